The highest BCUT2D eigenvalue weighted by atomic mass is 32.2. The van der Waals surface area contributed by atoms with E-state index in [1.165, 1.54) is 15.6 Å². The summed E-state index contributed by atoms with van der Waals surface area (Å²) < 4.78 is 26.0. The van der Waals surface area contributed by atoms with E-state index in [1.54, 1.807) is 11.4 Å². The number of nitrogens with zero attached hydrogens (tertiary/aromatic N) is 1. The molecule has 1 heterocycles. The van der Waals surface area contributed by atoms with Gasteiger partial charge in [0, 0.05) is 29.9 Å². The largest absolute Gasteiger partial charge is 0.312 e. The molecule has 104 valence electrons. The van der Waals surface area contributed by atoms with E-state index in [4.69, 9.17) is 0 Å². The summed E-state index contributed by atoms with van der Waals surface area (Å²) in [5.74, 6) is 0. The van der Waals surface area contributed by atoms with Crippen LogP contribution in [0.2, 0.25) is 0 Å². The highest BCUT2D eigenvalue weighted by molar-refractivity contribution is 7.89. The molecule has 0 unspecified atom stereocenters. The van der Waals surface area contributed by atoms with Gasteiger partial charge in [-0.15, -0.1) is 11.3 Å². The zero-order valence-electron chi connectivity index (χ0n) is 11.3. The molecule has 1 aromatic rings. The molecule has 1 aromatic heterocycles. The maximum Gasteiger partial charge on any atom is 0.243 e. The van der Waals surface area contributed by atoms with Gasteiger partial charge in [0.1, 0.15) is 0 Å². The van der Waals surface area contributed by atoms with Gasteiger partial charge in [0.15, 0.2) is 0 Å². The first-order valence-electron chi connectivity index (χ1n) is 6.34. The summed E-state index contributed by atoms with van der Waals surface area (Å²) in [6.07, 6.45) is 1.08. The maximum atomic E-state index is 12.2. The van der Waals surface area contributed by atoms with Crippen molar-refractivity contribution in [3.05, 3.63) is 16.3 Å². The molecule has 0 saturated heterocycles. The van der Waals surface area contributed by atoms with E-state index >= 15 is 0 Å². The Kier molecular flexibility index (Phi) is 6.28. The first-order chi connectivity index (χ1) is 8.56. The quantitative estimate of drug-likeness (QED) is 0.747. The average molecular weight is 290 g/mol. The standard InChI is InChI=1S/C12H22N2O2S2/c1-4-7-13-9-11-8-12(10-17-11)18(15,16)14(5-2)6-3/h8,10,13H,4-7,9H2,1-3H3. The molecule has 0 saturated carbocycles. The normalized spacial score (nSPS) is 12.2. The molecule has 0 spiro atoms. The Morgan fingerprint density at radius 1 is 1.28 bits per heavy atom. The number of rotatable bonds is 8. The Hall–Kier alpha value is -0.430. The Morgan fingerprint density at radius 3 is 2.50 bits per heavy atom. The monoisotopic (exact) mass is 290 g/mol. The van der Waals surface area contributed by atoms with Gasteiger partial charge in [0.05, 0.1) is 4.90 Å². The van der Waals surface area contributed by atoms with Crippen LogP contribution in [-0.4, -0.2) is 32.4 Å². The van der Waals surface area contributed by atoms with E-state index in [2.05, 4.69) is 12.2 Å². The molecule has 0 aromatic carbocycles. The fraction of sp³-hybridized carbons (Fsp3) is 0.667. The first-order valence-corrected chi connectivity index (χ1v) is 8.66. The zero-order valence-corrected chi connectivity index (χ0v) is 12.9. The lowest BCUT2D eigenvalue weighted by Crippen LogP contribution is -2.30. The second-order valence-corrected chi connectivity index (χ2v) is 6.95. The highest BCUT2D eigenvalue weighted by Crippen LogP contribution is 2.22. The van der Waals surface area contributed by atoms with E-state index in [0.29, 0.717) is 18.0 Å². The summed E-state index contributed by atoms with van der Waals surface area (Å²) in [4.78, 5) is 1.48. The molecule has 4 nitrogen and oxygen atoms in total. The summed E-state index contributed by atoms with van der Waals surface area (Å²) in [7, 11) is -3.29. The molecule has 0 aliphatic carbocycles. The number of sulfonamides is 1. The second-order valence-electron chi connectivity index (χ2n) is 4.01. The van der Waals surface area contributed by atoms with Gasteiger partial charge < -0.3 is 5.32 Å². The molecule has 0 bridgehead atoms. The van der Waals surface area contributed by atoms with Gasteiger partial charge in [-0.3, -0.25) is 0 Å². The lowest BCUT2D eigenvalue weighted by atomic mass is 10.4. The summed E-state index contributed by atoms with van der Waals surface area (Å²) >= 11 is 1.50. The molecule has 0 amide bonds. The first kappa shape index (κ1) is 15.6. The fourth-order valence-electron chi connectivity index (χ4n) is 1.69. The molecule has 0 fully saturated rings. The average Bonchev–Trinajstić information content (AvgIpc) is 2.80. The topological polar surface area (TPSA) is 49.4 Å². The van der Waals surface area contributed by atoms with E-state index in [0.717, 1.165) is 24.4 Å². The molecule has 18 heavy (non-hydrogen) atoms. The summed E-state index contributed by atoms with van der Waals surface area (Å²) in [5, 5.41) is 5.01. The maximum absolute atomic E-state index is 12.2. The van der Waals surface area contributed by atoms with Crippen LogP contribution in [0.1, 0.15) is 32.1 Å². The number of nitrogens with one attached hydrogen (secondary N) is 1. The predicted octanol–water partition coefficient (Wildman–Crippen LogP) is 2.28. The van der Waals surface area contributed by atoms with Gasteiger partial charge in [-0.1, -0.05) is 20.8 Å². The minimum absolute atomic E-state index is 0.421. The van der Waals surface area contributed by atoms with Crippen molar-refractivity contribution in [3.8, 4) is 0 Å². The summed E-state index contributed by atoms with van der Waals surface area (Å²) in [5.41, 5.74) is 0. The highest BCUT2D eigenvalue weighted by Gasteiger charge is 2.22. The number of thiophene rings is 1. The van der Waals surface area contributed by atoms with Gasteiger partial charge in [0.2, 0.25) is 10.0 Å². The van der Waals surface area contributed by atoms with Crippen LogP contribution in [0.4, 0.5) is 0 Å². The lowest BCUT2D eigenvalue weighted by Gasteiger charge is -2.17. The molecular weight excluding hydrogens is 268 g/mol. The van der Waals surface area contributed by atoms with Crippen LogP contribution in [0.5, 0.6) is 0 Å². The van der Waals surface area contributed by atoms with E-state index in [-0.39, 0.29) is 0 Å². The molecule has 0 atom stereocenters. The van der Waals surface area contributed by atoms with Gasteiger partial charge in [-0.25, -0.2) is 8.42 Å². The molecule has 1 N–H and O–H groups in total. The summed E-state index contributed by atoms with van der Waals surface area (Å²) in [6, 6.07) is 1.78. The van der Waals surface area contributed by atoms with Crippen molar-refractivity contribution in [1.82, 2.24) is 9.62 Å². The van der Waals surface area contributed by atoms with Crippen molar-refractivity contribution in [2.24, 2.45) is 0 Å². The molecule has 0 aliphatic heterocycles. The fourth-order valence-corrected chi connectivity index (χ4v) is 4.38. The van der Waals surface area contributed by atoms with E-state index < -0.39 is 10.0 Å². The van der Waals surface area contributed by atoms with E-state index in [1.807, 2.05) is 13.8 Å². The molecule has 6 heteroatoms. The third-order valence-electron chi connectivity index (χ3n) is 2.70. The van der Waals surface area contributed by atoms with Crippen LogP contribution in [0.25, 0.3) is 0 Å². The van der Waals surface area contributed by atoms with Crippen molar-refractivity contribution in [2.75, 3.05) is 19.6 Å². The van der Waals surface area contributed by atoms with Crippen LogP contribution < -0.4 is 5.32 Å². The van der Waals surface area contributed by atoms with Crippen molar-refractivity contribution < 1.29 is 8.42 Å². The van der Waals surface area contributed by atoms with Crippen molar-refractivity contribution >= 4 is 21.4 Å². The smallest absolute Gasteiger partial charge is 0.243 e. The molecule has 0 aliphatic rings. The lowest BCUT2D eigenvalue weighted by molar-refractivity contribution is 0.445. The van der Waals surface area contributed by atoms with Crippen molar-refractivity contribution in [1.29, 1.82) is 0 Å². The Bertz CT molecular complexity index is 450. The number of hydrogen-bond donors (Lipinski definition) is 1. The van der Waals surface area contributed by atoms with Gasteiger partial charge in [-0.2, -0.15) is 4.31 Å². The Morgan fingerprint density at radius 2 is 1.94 bits per heavy atom. The Balaban J connectivity index is 2.78. The SMILES string of the molecule is CCCNCc1cc(S(=O)(=O)N(CC)CC)cs1. The molecule has 1 rings (SSSR count). The van der Waals surface area contributed by atoms with Crippen molar-refractivity contribution in [2.45, 2.75) is 38.6 Å². The zero-order chi connectivity index (χ0) is 13.6. The van der Waals surface area contributed by atoms with E-state index in [9.17, 15) is 8.42 Å². The van der Waals surface area contributed by atoms with Crippen LogP contribution in [0, 0.1) is 0 Å². The van der Waals surface area contributed by atoms with Crippen LogP contribution in [0.3, 0.4) is 0 Å². The minimum Gasteiger partial charge on any atom is -0.312 e. The van der Waals surface area contributed by atoms with Gasteiger partial charge in [-0.05, 0) is 19.0 Å². The molecule has 0 radical (unpaired) electrons. The van der Waals surface area contributed by atoms with Crippen LogP contribution in [-0.2, 0) is 16.6 Å². The number of hydrogen-bond acceptors (Lipinski definition) is 4. The summed E-state index contributed by atoms with van der Waals surface area (Å²) in [6.45, 7) is 8.55. The van der Waals surface area contributed by atoms with Gasteiger partial charge in [0.25, 0.3) is 0 Å². The Labute approximate surface area is 114 Å². The predicted molar refractivity (Wildman–Crippen MR) is 76.4 cm³/mol. The van der Waals surface area contributed by atoms with Crippen LogP contribution >= 0.6 is 11.3 Å². The third kappa shape index (κ3) is 3.78. The third-order valence-corrected chi connectivity index (χ3v) is 5.81. The minimum atomic E-state index is -3.29. The van der Waals surface area contributed by atoms with Crippen LogP contribution in [0.15, 0.2) is 16.3 Å². The molecular formula is C12H22N2O2S2. The van der Waals surface area contributed by atoms with Crippen molar-refractivity contribution in [3.63, 3.8) is 0 Å². The second kappa shape index (κ2) is 7.23. The van der Waals surface area contributed by atoms with Gasteiger partial charge >= 0.3 is 0 Å².